The van der Waals surface area contributed by atoms with Crippen molar-refractivity contribution in [2.45, 2.75) is 18.9 Å². The number of amides is 1. The van der Waals surface area contributed by atoms with Crippen LogP contribution in [0, 0.1) is 0 Å². The Morgan fingerprint density at radius 2 is 1.71 bits per heavy atom. The Morgan fingerprint density at radius 1 is 0.968 bits per heavy atom. The van der Waals surface area contributed by atoms with E-state index in [9.17, 15) is 4.79 Å². The van der Waals surface area contributed by atoms with Gasteiger partial charge in [0.25, 0.3) is 0 Å². The average Bonchev–Trinajstić information content (AvgIpc) is 3.36. The molecule has 1 aliphatic rings. The molecule has 0 saturated carbocycles. The molecule has 0 spiro atoms. The molecule has 0 N–H and O–H groups in total. The summed E-state index contributed by atoms with van der Waals surface area (Å²) in [4.78, 5) is 19.5. The Morgan fingerprint density at radius 3 is 2.52 bits per heavy atom. The first-order valence-electron chi connectivity index (χ1n) is 10.4. The van der Waals surface area contributed by atoms with E-state index in [0.29, 0.717) is 31.1 Å². The minimum atomic E-state index is 0.0207. The van der Waals surface area contributed by atoms with Crippen molar-refractivity contribution in [3.63, 3.8) is 0 Å². The highest BCUT2D eigenvalue weighted by molar-refractivity contribution is 6.30. The van der Waals surface area contributed by atoms with Crippen LogP contribution in [0.5, 0.6) is 5.75 Å². The van der Waals surface area contributed by atoms with Gasteiger partial charge in [0, 0.05) is 29.6 Å². The molecule has 3 aromatic carbocycles. The summed E-state index contributed by atoms with van der Waals surface area (Å²) in [6.45, 7) is 1.79. The van der Waals surface area contributed by atoms with Crippen molar-refractivity contribution in [1.29, 1.82) is 0 Å². The molecule has 5 nitrogen and oxygen atoms in total. The highest BCUT2D eigenvalue weighted by Gasteiger charge is 2.34. The van der Waals surface area contributed by atoms with E-state index < -0.39 is 0 Å². The van der Waals surface area contributed by atoms with E-state index in [0.717, 1.165) is 28.3 Å². The first-order chi connectivity index (χ1) is 15.2. The molecule has 1 saturated heterocycles. The maximum atomic E-state index is 12.8. The van der Waals surface area contributed by atoms with Gasteiger partial charge in [-0.3, -0.25) is 4.79 Å². The van der Waals surface area contributed by atoms with E-state index in [1.807, 2.05) is 77.7 Å². The van der Waals surface area contributed by atoms with E-state index in [4.69, 9.17) is 21.3 Å². The van der Waals surface area contributed by atoms with Crippen molar-refractivity contribution in [2.24, 2.45) is 0 Å². The van der Waals surface area contributed by atoms with Gasteiger partial charge in [-0.15, -0.1) is 0 Å². The molecule has 1 amide bonds. The van der Waals surface area contributed by atoms with Crippen molar-refractivity contribution < 1.29 is 9.53 Å². The topological polar surface area (TPSA) is 47.4 Å². The number of nitrogens with zero attached hydrogens (tertiary/aromatic N) is 3. The minimum absolute atomic E-state index is 0.0207. The third-order valence-corrected chi connectivity index (χ3v) is 5.89. The van der Waals surface area contributed by atoms with Gasteiger partial charge in [-0.2, -0.15) is 0 Å². The summed E-state index contributed by atoms with van der Waals surface area (Å²) < 4.78 is 8.13. The van der Waals surface area contributed by atoms with E-state index >= 15 is 0 Å². The van der Waals surface area contributed by atoms with Crippen LogP contribution in [0.3, 0.4) is 0 Å². The van der Waals surface area contributed by atoms with Gasteiger partial charge < -0.3 is 14.2 Å². The molecule has 1 fully saturated rings. The predicted octanol–water partition coefficient (Wildman–Crippen LogP) is 5.29. The number of halogens is 1. The van der Waals surface area contributed by atoms with Crippen molar-refractivity contribution in [3.05, 3.63) is 89.7 Å². The average molecular weight is 432 g/mol. The summed E-state index contributed by atoms with van der Waals surface area (Å²) in [5.74, 6) is 1.90. The Kier molecular flexibility index (Phi) is 5.35. The lowest BCUT2D eigenvalue weighted by molar-refractivity contribution is -0.117. The van der Waals surface area contributed by atoms with Gasteiger partial charge in [-0.1, -0.05) is 41.9 Å². The number of rotatable bonds is 6. The number of para-hydroxylation sites is 3. The van der Waals surface area contributed by atoms with Gasteiger partial charge in [0.1, 0.15) is 18.2 Å². The lowest BCUT2D eigenvalue weighted by atomic mass is 10.1. The molecule has 156 valence electrons. The fraction of sp³-hybridized carbons (Fsp3) is 0.200. The maximum absolute atomic E-state index is 12.8. The Labute approximate surface area is 185 Å². The van der Waals surface area contributed by atoms with Crippen LogP contribution in [0.2, 0.25) is 5.02 Å². The second kappa shape index (κ2) is 8.44. The van der Waals surface area contributed by atoms with Crippen LogP contribution in [0.4, 0.5) is 5.69 Å². The summed E-state index contributed by atoms with van der Waals surface area (Å²) in [6, 6.07) is 25.3. The fourth-order valence-corrected chi connectivity index (χ4v) is 4.29. The van der Waals surface area contributed by atoms with Gasteiger partial charge in [0.05, 0.1) is 17.6 Å². The Hall–Kier alpha value is -3.31. The number of hydrogen-bond donors (Lipinski definition) is 0. The van der Waals surface area contributed by atoms with Gasteiger partial charge in [-0.05, 0) is 48.5 Å². The third-order valence-electron chi connectivity index (χ3n) is 5.64. The first-order valence-corrected chi connectivity index (χ1v) is 10.8. The quantitative estimate of drug-likeness (QED) is 0.416. The molecule has 1 atom stereocenters. The number of benzene rings is 3. The van der Waals surface area contributed by atoms with Crippen molar-refractivity contribution in [1.82, 2.24) is 9.55 Å². The molecule has 1 aliphatic heterocycles. The number of imidazole rings is 1. The van der Waals surface area contributed by atoms with Crippen LogP contribution in [-0.2, 0) is 11.3 Å². The molecular formula is C25H22ClN3O2. The van der Waals surface area contributed by atoms with Gasteiger partial charge in [0.2, 0.25) is 5.91 Å². The number of carbonyl (C=O) groups is 1. The SMILES string of the molecule is O=C1C[C@H](c2nc3ccccc3n2CCOc2ccccc2)CN1c1ccc(Cl)cc1. The second-order valence-electron chi connectivity index (χ2n) is 7.65. The summed E-state index contributed by atoms with van der Waals surface area (Å²) in [7, 11) is 0. The standard InChI is InChI=1S/C25H22ClN3O2/c26-19-10-12-20(13-11-19)29-17-18(16-24(29)30)25-27-22-8-4-5-9-23(22)28(25)14-15-31-21-6-2-1-3-7-21/h1-13,18H,14-17H2/t18-/m0/s1. The molecule has 1 aromatic heterocycles. The second-order valence-corrected chi connectivity index (χ2v) is 8.09. The van der Waals surface area contributed by atoms with Crippen LogP contribution < -0.4 is 9.64 Å². The monoisotopic (exact) mass is 431 g/mol. The lowest BCUT2D eigenvalue weighted by Gasteiger charge is -2.17. The molecule has 2 heterocycles. The van der Waals surface area contributed by atoms with Crippen molar-refractivity contribution >= 4 is 34.2 Å². The summed E-state index contributed by atoms with van der Waals surface area (Å²) >= 11 is 6.01. The van der Waals surface area contributed by atoms with Crippen LogP contribution in [-0.4, -0.2) is 28.6 Å². The Bertz CT molecular complexity index is 1200. The summed E-state index contributed by atoms with van der Waals surface area (Å²) in [5.41, 5.74) is 2.87. The number of anilines is 1. The number of hydrogen-bond acceptors (Lipinski definition) is 3. The lowest BCUT2D eigenvalue weighted by Crippen LogP contribution is -2.24. The normalized spacial score (nSPS) is 16.2. The van der Waals surface area contributed by atoms with E-state index in [1.165, 1.54) is 0 Å². The third kappa shape index (κ3) is 4.01. The van der Waals surface area contributed by atoms with E-state index in [1.54, 1.807) is 0 Å². The minimum Gasteiger partial charge on any atom is -0.492 e. The zero-order valence-corrected chi connectivity index (χ0v) is 17.7. The zero-order valence-electron chi connectivity index (χ0n) is 16.9. The van der Waals surface area contributed by atoms with Crippen molar-refractivity contribution in [2.75, 3.05) is 18.1 Å². The molecule has 5 rings (SSSR count). The van der Waals surface area contributed by atoms with Crippen molar-refractivity contribution in [3.8, 4) is 5.75 Å². The predicted molar refractivity (Wildman–Crippen MR) is 123 cm³/mol. The molecule has 0 unspecified atom stereocenters. The largest absolute Gasteiger partial charge is 0.492 e. The molecule has 6 heteroatoms. The number of fused-ring (bicyclic) bond motifs is 1. The van der Waals surface area contributed by atoms with Gasteiger partial charge in [-0.25, -0.2) is 4.98 Å². The fourth-order valence-electron chi connectivity index (χ4n) is 4.16. The molecule has 0 radical (unpaired) electrons. The molecule has 31 heavy (non-hydrogen) atoms. The Balaban J connectivity index is 1.40. The van der Waals surface area contributed by atoms with Crippen LogP contribution in [0.25, 0.3) is 11.0 Å². The van der Waals surface area contributed by atoms with Crippen LogP contribution >= 0.6 is 11.6 Å². The van der Waals surface area contributed by atoms with Crippen LogP contribution in [0.15, 0.2) is 78.9 Å². The highest BCUT2D eigenvalue weighted by Crippen LogP contribution is 2.33. The summed E-state index contributed by atoms with van der Waals surface area (Å²) in [5, 5.41) is 0.659. The van der Waals surface area contributed by atoms with E-state index in [-0.39, 0.29) is 11.8 Å². The number of aromatic nitrogens is 2. The summed E-state index contributed by atoms with van der Waals surface area (Å²) in [6.07, 6.45) is 0.436. The first kappa shape index (κ1) is 19.6. The molecule has 4 aromatic rings. The van der Waals surface area contributed by atoms with Gasteiger partial charge in [0.15, 0.2) is 0 Å². The highest BCUT2D eigenvalue weighted by atomic mass is 35.5. The zero-order chi connectivity index (χ0) is 21.2. The maximum Gasteiger partial charge on any atom is 0.227 e. The molecule has 0 bridgehead atoms. The van der Waals surface area contributed by atoms with Gasteiger partial charge >= 0.3 is 0 Å². The smallest absolute Gasteiger partial charge is 0.227 e. The van der Waals surface area contributed by atoms with E-state index in [2.05, 4.69) is 10.6 Å². The number of ether oxygens (including phenoxy) is 1. The molecular weight excluding hydrogens is 410 g/mol. The number of carbonyl (C=O) groups excluding carboxylic acids is 1. The molecule has 0 aliphatic carbocycles. The van der Waals surface area contributed by atoms with Crippen LogP contribution in [0.1, 0.15) is 18.2 Å².